The van der Waals surface area contributed by atoms with Gasteiger partial charge in [-0.2, -0.15) is 0 Å². The molecule has 0 spiro atoms. The SMILES string of the molecule is CC1(C)[C@@H](C(=O)NCc2ccccc2)CC[C@]1(C)C(=O)O. The summed E-state index contributed by atoms with van der Waals surface area (Å²) in [4.78, 5) is 24.0. The first-order chi connectivity index (χ1) is 9.79. The Bertz CT molecular complexity index is 538. The lowest BCUT2D eigenvalue weighted by molar-refractivity contribution is -0.155. The second-order valence-corrected chi connectivity index (χ2v) is 6.65. The third-order valence-corrected chi connectivity index (χ3v) is 5.32. The third-order valence-electron chi connectivity index (χ3n) is 5.32. The van der Waals surface area contributed by atoms with Gasteiger partial charge in [-0.3, -0.25) is 9.59 Å². The minimum atomic E-state index is -0.845. The molecular weight excluding hydrogens is 266 g/mol. The Morgan fingerprint density at radius 3 is 2.38 bits per heavy atom. The van der Waals surface area contributed by atoms with Gasteiger partial charge in [-0.05, 0) is 30.7 Å². The highest BCUT2D eigenvalue weighted by Gasteiger charge is 2.58. The Kier molecular flexibility index (Phi) is 4.08. The molecule has 0 radical (unpaired) electrons. The predicted molar refractivity (Wildman–Crippen MR) is 80.5 cm³/mol. The molecular formula is C17H23NO3. The van der Waals surface area contributed by atoms with E-state index in [4.69, 9.17) is 0 Å². The second-order valence-electron chi connectivity index (χ2n) is 6.65. The quantitative estimate of drug-likeness (QED) is 0.895. The van der Waals surface area contributed by atoms with Gasteiger partial charge in [0.2, 0.25) is 5.91 Å². The van der Waals surface area contributed by atoms with Gasteiger partial charge in [-0.15, -0.1) is 0 Å². The van der Waals surface area contributed by atoms with Gasteiger partial charge in [0.1, 0.15) is 0 Å². The maximum atomic E-state index is 12.4. The van der Waals surface area contributed by atoms with E-state index in [1.54, 1.807) is 6.92 Å². The van der Waals surface area contributed by atoms with Crippen LogP contribution in [0, 0.1) is 16.7 Å². The lowest BCUT2D eigenvalue weighted by Gasteiger charge is -2.37. The van der Waals surface area contributed by atoms with Crippen LogP contribution in [0.5, 0.6) is 0 Å². The summed E-state index contributed by atoms with van der Waals surface area (Å²) in [5.74, 6) is -1.12. The van der Waals surface area contributed by atoms with Crippen LogP contribution in [0.2, 0.25) is 0 Å². The molecule has 1 aromatic rings. The molecule has 21 heavy (non-hydrogen) atoms. The summed E-state index contributed by atoms with van der Waals surface area (Å²) < 4.78 is 0. The van der Waals surface area contributed by atoms with E-state index < -0.39 is 16.8 Å². The fraction of sp³-hybridized carbons (Fsp3) is 0.529. The molecule has 1 aliphatic carbocycles. The molecule has 2 atom stereocenters. The van der Waals surface area contributed by atoms with Crippen LogP contribution >= 0.6 is 0 Å². The fourth-order valence-corrected chi connectivity index (χ4v) is 3.25. The van der Waals surface area contributed by atoms with Crippen molar-refractivity contribution in [3.63, 3.8) is 0 Å². The average molecular weight is 289 g/mol. The van der Waals surface area contributed by atoms with E-state index in [-0.39, 0.29) is 11.8 Å². The van der Waals surface area contributed by atoms with Crippen molar-refractivity contribution in [3.05, 3.63) is 35.9 Å². The lowest BCUT2D eigenvalue weighted by Crippen LogP contribution is -2.45. The van der Waals surface area contributed by atoms with Crippen molar-refractivity contribution < 1.29 is 14.7 Å². The summed E-state index contributed by atoms with van der Waals surface area (Å²) in [5, 5.41) is 12.4. The van der Waals surface area contributed by atoms with E-state index >= 15 is 0 Å². The monoisotopic (exact) mass is 289 g/mol. The number of amides is 1. The molecule has 0 aliphatic heterocycles. The van der Waals surface area contributed by atoms with Gasteiger partial charge in [-0.25, -0.2) is 0 Å². The van der Waals surface area contributed by atoms with Crippen molar-refractivity contribution in [2.24, 2.45) is 16.7 Å². The topological polar surface area (TPSA) is 66.4 Å². The Morgan fingerprint density at radius 2 is 1.86 bits per heavy atom. The molecule has 0 saturated heterocycles. The highest BCUT2D eigenvalue weighted by atomic mass is 16.4. The highest BCUT2D eigenvalue weighted by Crippen LogP contribution is 2.56. The van der Waals surface area contributed by atoms with Crippen LogP contribution in [-0.2, 0) is 16.1 Å². The van der Waals surface area contributed by atoms with Crippen LogP contribution in [0.4, 0.5) is 0 Å². The molecule has 1 fully saturated rings. The number of carbonyl (C=O) groups is 2. The number of benzene rings is 1. The zero-order valence-electron chi connectivity index (χ0n) is 12.8. The van der Waals surface area contributed by atoms with Crippen molar-refractivity contribution >= 4 is 11.9 Å². The van der Waals surface area contributed by atoms with Crippen LogP contribution in [0.15, 0.2) is 30.3 Å². The summed E-state index contributed by atoms with van der Waals surface area (Å²) >= 11 is 0. The number of carboxylic acids is 1. The van der Waals surface area contributed by atoms with Gasteiger partial charge in [0.05, 0.1) is 5.41 Å². The standard InChI is InChI=1S/C17H23NO3/c1-16(2)13(9-10-17(16,3)15(20)21)14(19)18-11-12-7-5-4-6-8-12/h4-8,13H,9-11H2,1-3H3,(H,18,19)(H,20,21)/t13-,17-/m1/s1. The van der Waals surface area contributed by atoms with Crippen molar-refractivity contribution in [2.45, 2.75) is 40.2 Å². The molecule has 0 bridgehead atoms. The number of aliphatic carboxylic acids is 1. The lowest BCUT2D eigenvalue weighted by atomic mass is 9.65. The van der Waals surface area contributed by atoms with E-state index in [9.17, 15) is 14.7 Å². The van der Waals surface area contributed by atoms with E-state index in [2.05, 4.69) is 5.32 Å². The van der Waals surface area contributed by atoms with Crippen LogP contribution in [0.25, 0.3) is 0 Å². The Balaban J connectivity index is 2.05. The molecule has 1 saturated carbocycles. The summed E-state index contributed by atoms with van der Waals surface area (Å²) in [6.07, 6.45) is 1.16. The largest absolute Gasteiger partial charge is 0.481 e. The van der Waals surface area contributed by atoms with E-state index in [0.717, 1.165) is 5.56 Å². The molecule has 0 aromatic heterocycles. The number of hydrogen-bond acceptors (Lipinski definition) is 2. The minimum absolute atomic E-state index is 0.0474. The van der Waals surface area contributed by atoms with Gasteiger partial charge >= 0.3 is 5.97 Å². The predicted octanol–water partition coefficient (Wildman–Crippen LogP) is 2.83. The van der Waals surface area contributed by atoms with Crippen molar-refractivity contribution in [1.29, 1.82) is 0 Å². The van der Waals surface area contributed by atoms with Gasteiger partial charge < -0.3 is 10.4 Å². The zero-order chi connectivity index (χ0) is 15.7. The molecule has 4 nitrogen and oxygen atoms in total. The van der Waals surface area contributed by atoms with Gasteiger partial charge in [0.15, 0.2) is 0 Å². The highest BCUT2D eigenvalue weighted by molar-refractivity contribution is 5.83. The third kappa shape index (κ3) is 2.67. The molecule has 2 N–H and O–H groups in total. The summed E-state index contributed by atoms with van der Waals surface area (Å²) in [5.41, 5.74) is -0.357. The summed E-state index contributed by atoms with van der Waals surface area (Å²) in [7, 11) is 0. The molecule has 0 unspecified atom stereocenters. The molecule has 1 aromatic carbocycles. The number of carboxylic acid groups (broad SMARTS) is 1. The minimum Gasteiger partial charge on any atom is -0.481 e. The maximum absolute atomic E-state index is 12.4. The Labute approximate surface area is 125 Å². The summed E-state index contributed by atoms with van der Waals surface area (Å²) in [6.45, 7) is 6.01. The van der Waals surface area contributed by atoms with Gasteiger partial charge in [0.25, 0.3) is 0 Å². The van der Waals surface area contributed by atoms with Crippen molar-refractivity contribution in [3.8, 4) is 0 Å². The number of nitrogens with one attached hydrogen (secondary N) is 1. The van der Waals surface area contributed by atoms with Gasteiger partial charge in [0, 0.05) is 12.5 Å². The van der Waals surface area contributed by atoms with E-state index in [0.29, 0.717) is 19.4 Å². The van der Waals surface area contributed by atoms with Gasteiger partial charge in [-0.1, -0.05) is 44.2 Å². The molecule has 114 valence electrons. The maximum Gasteiger partial charge on any atom is 0.309 e. The molecule has 1 amide bonds. The zero-order valence-corrected chi connectivity index (χ0v) is 12.8. The van der Waals surface area contributed by atoms with E-state index in [1.807, 2.05) is 44.2 Å². The first-order valence-electron chi connectivity index (χ1n) is 7.34. The Hall–Kier alpha value is -1.84. The summed E-state index contributed by atoms with van der Waals surface area (Å²) in [6, 6.07) is 9.72. The van der Waals surface area contributed by atoms with Crippen LogP contribution in [-0.4, -0.2) is 17.0 Å². The molecule has 1 aliphatic rings. The van der Waals surface area contributed by atoms with Crippen LogP contribution in [0.1, 0.15) is 39.2 Å². The van der Waals surface area contributed by atoms with Crippen LogP contribution in [0.3, 0.4) is 0 Å². The van der Waals surface area contributed by atoms with Crippen molar-refractivity contribution in [1.82, 2.24) is 5.32 Å². The Morgan fingerprint density at radius 1 is 1.24 bits per heavy atom. The molecule has 0 heterocycles. The molecule has 4 heteroatoms. The molecule has 2 rings (SSSR count). The first-order valence-corrected chi connectivity index (χ1v) is 7.34. The second kappa shape index (κ2) is 5.51. The normalized spacial score (nSPS) is 27.3. The number of hydrogen-bond donors (Lipinski definition) is 2. The first kappa shape index (κ1) is 15.5. The smallest absolute Gasteiger partial charge is 0.309 e. The van der Waals surface area contributed by atoms with Crippen molar-refractivity contribution in [2.75, 3.05) is 0 Å². The van der Waals surface area contributed by atoms with E-state index in [1.165, 1.54) is 0 Å². The van der Waals surface area contributed by atoms with Crippen LogP contribution < -0.4 is 5.32 Å². The number of rotatable bonds is 4. The average Bonchev–Trinajstić information content (AvgIpc) is 2.69. The fourth-order valence-electron chi connectivity index (χ4n) is 3.25. The number of carbonyl (C=O) groups excluding carboxylic acids is 1.